The van der Waals surface area contributed by atoms with Crippen LogP contribution in [0.15, 0.2) is 18.2 Å². The number of ether oxygens (including phenoxy) is 1. The summed E-state index contributed by atoms with van der Waals surface area (Å²) in [6.45, 7) is 1.73. The molecule has 0 bridgehead atoms. The smallest absolute Gasteiger partial charge is 0.310 e. The summed E-state index contributed by atoms with van der Waals surface area (Å²) in [5, 5.41) is 0. The van der Waals surface area contributed by atoms with Crippen molar-refractivity contribution in [3.8, 4) is 0 Å². The second-order valence-corrected chi connectivity index (χ2v) is 3.73. The normalized spacial score (nSPS) is 14.2. The molecule has 0 heterocycles. The minimum atomic E-state index is -0.914. The Bertz CT molecular complexity index is 409. The topological polar surface area (TPSA) is 52.3 Å². The maximum Gasteiger partial charge on any atom is 0.310 e. The number of rotatable bonds is 4. The maximum absolute atomic E-state index is 13.5. The molecule has 1 aromatic carbocycles. The number of carbonyl (C=O) groups excluding carboxylic acids is 1. The van der Waals surface area contributed by atoms with E-state index in [1.165, 1.54) is 7.11 Å². The van der Waals surface area contributed by atoms with Crippen molar-refractivity contribution in [1.29, 1.82) is 0 Å². The molecule has 0 radical (unpaired) electrons. The van der Waals surface area contributed by atoms with Crippen LogP contribution in [0.25, 0.3) is 0 Å². The SMILES string of the molecule is CCC(C(=O)OC)C(N)c1cc(F)ccc1F. The molecular weight excluding hydrogens is 228 g/mol. The highest BCUT2D eigenvalue weighted by atomic mass is 19.1. The van der Waals surface area contributed by atoms with Crippen molar-refractivity contribution in [2.75, 3.05) is 7.11 Å². The maximum atomic E-state index is 13.5. The van der Waals surface area contributed by atoms with Gasteiger partial charge in [-0.3, -0.25) is 4.79 Å². The molecule has 0 saturated carbocycles. The first-order valence-electron chi connectivity index (χ1n) is 5.29. The van der Waals surface area contributed by atoms with Gasteiger partial charge in [0.15, 0.2) is 0 Å². The summed E-state index contributed by atoms with van der Waals surface area (Å²) < 4.78 is 31.1. The summed E-state index contributed by atoms with van der Waals surface area (Å²) in [6, 6.07) is 2.09. The molecule has 0 fully saturated rings. The van der Waals surface area contributed by atoms with Gasteiger partial charge < -0.3 is 10.5 Å². The fourth-order valence-corrected chi connectivity index (χ4v) is 1.71. The van der Waals surface area contributed by atoms with E-state index >= 15 is 0 Å². The van der Waals surface area contributed by atoms with E-state index in [4.69, 9.17) is 5.73 Å². The Balaban J connectivity index is 3.05. The molecule has 0 aliphatic carbocycles. The molecular formula is C12H15F2NO2. The van der Waals surface area contributed by atoms with Crippen LogP contribution in [0.2, 0.25) is 0 Å². The van der Waals surface area contributed by atoms with Gasteiger partial charge in [0.1, 0.15) is 11.6 Å². The Hall–Kier alpha value is -1.49. The first-order chi connectivity index (χ1) is 8.01. The highest BCUT2D eigenvalue weighted by Crippen LogP contribution is 2.26. The second kappa shape index (κ2) is 5.72. The van der Waals surface area contributed by atoms with Gasteiger partial charge in [-0.15, -0.1) is 0 Å². The first-order valence-corrected chi connectivity index (χ1v) is 5.29. The Morgan fingerprint density at radius 3 is 2.65 bits per heavy atom. The third-order valence-corrected chi connectivity index (χ3v) is 2.69. The summed E-state index contributed by atoms with van der Waals surface area (Å²) >= 11 is 0. The van der Waals surface area contributed by atoms with E-state index in [9.17, 15) is 13.6 Å². The second-order valence-electron chi connectivity index (χ2n) is 3.73. The third kappa shape index (κ3) is 3.00. The van der Waals surface area contributed by atoms with Crippen molar-refractivity contribution in [1.82, 2.24) is 0 Å². The van der Waals surface area contributed by atoms with Gasteiger partial charge in [0.2, 0.25) is 0 Å². The molecule has 0 spiro atoms. The van der Waals surface area contributed by atoms with Crippen LogP contribution >= 0.6 is 0 Å². The number of methoxy groups -OCH3 is 1. The van der Waals surface area contributed by atoms with Crippen LogP contribution in [0.1, 0.15) is 24.9 Å². The van der Waals surface area contributed by atoms with E-state index in [0.717, 1.165) is 18.2 Å². The Morgan fingerprint density at radius 2 is 2.12 bits per heavy atom. The molecule has 2 unspecified atom stereocenters. The summed E-state index contributed by atoms with van der Waals surface area (Å²) in [6.07, 6.45) is 0.393. The Morgan fingerprint density at radius 1 is 1.47 bits per heavy atom. The lowest BCUT2D eigenvalue weighted by atomic mass is 9.91. The molecule has 5 heteroatoms. The average molecular weight is 243 g/mol. The number of hydrogen-bond donors (Lipinski definition) is 1. The highest BCUT2D eigenvalue weighted by Gasteiger charge is 2.28. The van der Waals surface area contributed by atoms with E-state index in [2.05, 4.69) is 4.74 Å². The molecule has 3 nitrogen and oxygen atoms in total. The molecule has 0 amide bonds. The van der Waals surface area contributed by atoms with Crippen molar-refractivity contribution >= 4 is 5.97 Å². The molecule has 0 aliphatic heterocycles. The summed E-state index contributed by atoms with van der Waals surface area (Å²) in [5.74, 6) is -2.42. The van der Waals surface area contributed by atoms with Crippen LogP contribution in [-0.4, -0.2) is 13.1 Å². The van der Waals surface area contributed by atoms with Gasteiger partial charge in [-0.1, -0.05) is 6.92 Å². The summed E-state index contributed by atoms with van der Waals surface area (Å²) in [4.78, 5) is 11.4. The zero-order valence-electron chi connectivity index (χ0n) is 9.74. The van der Waals surface area contributed by atoms with Gasteiger partial charge in [0.25, 0.3) is 0 Å². The minimum absolute atomic E-state index is 0.0118. The number of benzene rings is 1. The van der Waals surface area contributed by atoms with Crippen LogP contribution in [-0.2, 0) is 9.53 Å². The molecule has 0 aliphatic rings. The van der Waals surface area contributed by atoms with Crippen molar-refractivity contribution in [2.45, 2.75) is 19.4 Å². The predicted octanol–water partition coefficient (Wildman–Crippen LogP) is 2.16. The molecule has 0 saturated heterocycles. The van der Waals surface area contributed by atoms with Crippen LogP contribution in [0.4, 0.5) is 8.78 Å². The zero-order valence-corrected chi connectivity index (χ0v) is 9.74. The summed E-state index contributed by atoms with van der Waals surface area (Å²) in [5.41, 5.74) is 5.78. The fraction of sp³-hybridized carbons (Fsp3) is 0.417. The molecule has 1 aromatic rings. The van der Waals surface area contributed by atoms with E-state index in [0.29, 0.717) is 6.42 Å². The third-order valence-electron chi connectivity index (χ3n) is 2.69. The van der Waals surface area contributed by atoms with E-state index in [-0.39, 0.29) is 5.56 Å². The first kappa shape index (κ1) is 13.6. The lowest BCUT2D eigenvalue weighted by molar-refractivity contribution is -0.146. The number of hydrogen-bond acceptors (Lipinski definition) is 3. The predicted molar refractivity (Wildman–Crippen MR) is 59.1 cm³/mol. The number of halogens is 2. The van der Waals surface area contributed by atoms with Crippen molar-refractivity contribution in [2.24, 2.45) is 11.7 Å². The Kier molecular flexibility index (Phi) is 4.57. The lowest BCUT2D eigenvalue weighted by Gasteiger charge is -2.21. The number of esters is 1. The van der Waals surface area contributed by atoms with Crippen molar-refractivity contribution in [3.05, 3.63) is 35.4 Å². The van der Waals surface area contributed by atoms with Gasteiger partial charge in [0, 0.05) is 11.6 Å². The van der Waals surface area contributed by atoms with E-state index in [1.807, 2.05) is 0 Å². The van der Waals surface area contributed by atoms with E-state index < -0.39 is 29.6 Å². The van der Waals surface area contributed by atoms with Crippen molar-refractivity contribution in [3.63, 3.8) is 0 Å². The summed E-state index contributed by atoms with van der Waals surface area (Å²) in [7, 11) is 1.24. The van der Waals surface area contributed by atoms with Gasteiger partial charge in [-0.2, -0.15) is 0 Å². The highest BCUT2D eigenvalue weighted by molar-refractivity contribution is 5.73. The molecule has 1 rings (SSSR count). The monoisotopic (exact) mass is 243 g/mol. The van der Waals surface area contributed by atoms with Crippen LogP contribution in [0.3, 0.4) is 0 Å². The van der Waals surface area contributed by atoms with Crippen LogP contribution in [0, 0.1) is 17.6 Å². The van der Waals surface area contributed by atoms with Crippen LogP contribution < -0.4 is 5.73 Å². The largest absolute Gasteiger partial charge is 0.469 e. The average Bonchev–Trinajstić information content (AvgIpc) is 2.32. The fourth-order valence-electron chi connectivity index (χ4n) is 1.71. The van der Waals surface area contributed by atoms with Gasteiger partial charge in [-0.05, 0) is 24.6 Å². The Labute approximate surface area is 98.6 Å². The molecule has 0 aromatic heterocycles. The number of carbonyl (C=O) groups is 1. The molecule has 17 heavy (non-hydrogen) atoms. The van der Waals surface area contributed by atoms with E-state index in [1.54, 1.807) is 6.92 Å². The standard InChI is InChI=1S/C12H15F2NO2/c1-3-8(12(16)17-2)11(15)9-6-7(13)4-5-10(9)14/h4-6,8,11H,3,15H2,1-2H3. The lowest BCUT2D eigenvalue weighted by Crippen LogP contribution is -2.29. The minimum Gasteiger partial charge on any atom is -0.469 e. The van der Waals surface area contributed by atoms with Gasteiger partial charge in [-0.25, -0.2) is 8.78 Å². The number of nitrogens with two attached hydrogens (primary N) is 1. The zero-order chi connectivity index (χ0) is 13.0. The van der Waals surface area contributed by atoms with Crippen molar-refractivity contribution < 1.29 is 18.3 Å². The van der Waals surface area contributed by atoms with Crippen LogP contribution in [0.5, 0.6) is 0 Å². The molecule has 2 atom stereocenters. The van der Waals surface area contributed by atoms with Gasteiger partial charge >= 0.3 is 5.97 Å². The van der Waals surface area contributed by atoms with Gasteiger partial charge in [0.05, 0.1) is 13.0 Å². The molecule has 94 valence electrons. The quantitative estimate of drug-likeness (QED) is 0.824. The molecule has 2 N–H and O–H groups in total.